The molecule has 2 N–H and O–H groups in total. The van der Waals surface area contributed by atoms with Crippen LogP contribution in [-0.2, 0) is 0 Å². The fraction of sp³-hybridized carbons (Fsp3) is 0.150. The van der Waals surface area contributed by atoms with Crippen molar-refractivity contribution < 1.29 is 14.3 Å². The summed E-state index contributed by atoms with van der Waals surface area (Å²) in [5.74, 6) is 2.02. The van der Waals surface area contributed by atoms with Crippen molar-refractivity contribution in [2.75, 3.05) is 23.8 Å². The molecule has 0 atom stereocenters. The van der Waals surface area contributed by atoms with E-state index in [2.05, 4.69) is 20.6 Å². The van der Waals surface area contributed by atoms with Crippen molar-refractivity contribution in [3.63, 3.8) is 0 Å². The van der Waals surface area contributed by atoms with Crippen molar-refractivity contribution >= 4 is 23.1 Å². The number of nitrogens with zero attached hydrogens (tertiary/aromatic N) is 2. The molecule has 7 heteroatoms. The molecule has 2 heterocycles. The zero-order chi connectivity index (χ0) is 18.6. The summed E-state index contributed by atoms with van der Waals surface area (Å²) >= 11 is 0. The van der Waals surface area contributed by atoms with Gasteiger partial charge in [0, 0.05) is 23.5 Å². The van der Waals surface area contributed by atoms with E-state index in [0.29, 0.717) is 42.0 Å². The molecule has 0 saturated carbocycles. The first kappa shape index (κ1) is 16.8. The maximum Gasteiger partial charge on any atom is 0.274 e. The number of anilines is 3. The molecular formula is C20H18N4O3. The van der Waals surface area contributed by atoms with E-state index in [4.69, 9.17) is 9.47 Å². The average molecular weight is 362 g/mol. The first-order valence-corrected chi connectivity index (χ1v) is 8.56. The van der Waals surface area contributed by atoms with Gasteiger partial charge in [0.2, 0.25) is 0 Å². The molecule has 0 spiro atoms. The molecule has 3 aromatic rings. The number of carbonyl (C=O) groups is 1. The van der Waals surface area contributed by atoms with Crippen LogP contribution < -0.4 is 20.1 Å². The summed E-state index contributed by atoms with van der Waals surface area (Å²) in [6.07, 6.45) is 0. The monoisotopic (exact) mass is 362 g/mol. The van der Waals surface area contributed by atoms with Crippen LogP contribution >= 0.6 is 0 Å². The van der Waals surface area contributed by atoms with Crippen LogP contribution in [-0.4, -0.2) is 29.1 Å². The van der Waals surface area contributed by atoms with Crippen LogP contribution in [0.3, 0.4) is 0 Å². The van der Waals surface area contributed by atoms with Gasteiger partial charge in [0.05, 0.1) is 0 Å². The van der Waals surface area contributed by atoms with Crippen molar-refractivity contribution in [1.29, 1.82) is 0 Å². The Balaban J connectivity index is 1.53. The van der Waals surface area contributed by atoms with Gasteiger partial charge in [0.1, 0.15) is 30.5 Å². The molecule has 0 unspecified atom stereocenters. The number of nitrogens with one attached hydrogen (secondary N) is 2. The molecule has 1 amide bonds. The van der Waals surface area contributed by atoms with Crippen LogP contribution in [0.5, 0.6) is 11.5 Å². The Morgan fingerprint density at radius 3 is 2.52 bits per heavy atom. The zero-order valence-electron chi connectivity index (χ0n) is 14.7. The van der Waals surface area contributed by atoms with E-state index in [-0.39, 0.29) is 11.6 Å². The fourth-order valence-electron chi connectivity index (χ4n) is 2.73. The Labute approximate surface area is 156 Å². The van der Waals surface area contributed by atoms with Crippen molar-refractivity contribution in [1.82, 2.24) is 9.97 Å². The minimum Gasteiger partial charge on any atom is -0.486 e. The molecule has 7 nitrogen and oxygen atoms in total. The number of benzene rings is 2. The van der Waals surface area contributed by atoms with Crippen LogP contribution in [0, 0.1) is 6.92 Å². The quantitative estimate of drug-likeness (QED) is 0.738. The van der Waals surface area contributed by atoms with E-state index in [9.17, 15) is 4.79 Å². The Morgan fingerprint density at radius 1 is 0.926 bits per heavy atom. The highest BCUT2D eigenvalue weighted by atomic mass is 16.6. The van der Waals surface area contributed by atoms with Crippen LogP contribution in [0.2, 0.25) is 0 Å². The van der Waals surface area contributed by atoms with E-state index in [1.807, 2.05) is 30.3 Å². The van der Waals surface area contributed by atoms with Gasteiger partial charge in [0.25, 0.3) is 5.91 Å². The first-order valence-electron chi connectivity index (χ1n) is 8.56. The van der Waals surface area contributed by atoms with Gasteiger partial charge in [-0.1, -0.05) is 18.2 Å². The first-order chi connectivity index (χ1) is 13.2. The Hall–Kier alpha value is -3.61. The minimum atomic E-state index is -0.326. The number of para-hydroxylation sites is 1. The van der Waals surface area contributed by atoms with Crippen molar-refractivity contribution in [2.45, 2.75) is 6.92 Å². The molecule has 136 valence electrons. The lowest BCUT2D eigenvalue weighted by molar-refractivity contribution is 0.102. The summed E-state index contributed by atoms with van der Waals surface area (Å²) in [5, 5.41) is 6.01. The van der Waals surface area contributed by atoms with E-state index in [1.54, 1.807) is 31.2 Å². The third-order valence-corrected chi connectivity index (χ3v) is 3.92. The largest absolute Gasteiger partial charge is 0.486 e. The van der Waals surface area contributed by atoms with Crippen LogP contribution in [0.1, 0.15) is 16.3 Å². The Kier molecular flexibility index (Phi) is 4.57. The second-order valence-corrected chi connectivity index (χ2v) is 5.99. The van der Waals surface area contributed by atoms with E-state index < -0.39 is 0 Å². The van der Waals surface area contributed by atoms with Gasteiger partial charge in [-0.25, -0.2) is 9.97 Å². The van der Waals surface area contributed by atoms with E-state index >= 15 is 0 Å². The highest BCUT2D eigenvalue weighted by Gasteiger charge is 2.15. The second kappa shape index (κ2) is 7.33. The topological polar surface area (TPSA) is 85.4 Å². The number of hydrogen-bond donors (Lipinski definition) is 2. The summed E-state index contributed by atoms with van der Waals surface area (Å²) in [4.78, 5) is 21.2. The summed E-state index contributed by atoms with van der Waals surface area (Å²) in [6.45, 7) is 2.76. The standard InChI is InChI=1S/C20H18N4O3/c1-13-21-16(12-19(22-13)23-14-5-3-2-4-6-14)20(25)24-15-7-8-17-18(11-15)27-10-9-26-17/h2-8,11-12H,9-10H2,1H3,(H,24,25)(H,21,22,23). The molecule has 2 aromatic carbocycles. The summed E-state index contributed by atoms with van der Waals surface area (Å²) < 4.78 is 11.0. The molecule has 1 aliphatic heterocycles. The number of aryl methyl sites for hydroxylation is 1. The third-order valence-electron chi connectivity index (χ3n) is 3.92. The molecular weight excluding hydrogens is 344 g/mol. The minimum absolute atomic E-state index is 0.274. The summed E-state index contributed by atoms with van der Waals surface area (Å²) in [6, 6.07) is 16.5. The van der Waals surface area contributed by atoms with Crippen molar-refractivity contribution in [3.8, 4) is 11.5 Å². The molecule has 0 bridgehead atoms. The van der Waals surface area contributed by atoms with Gasteiger partial charge in [-0.15, -0.1) is 0 Å². The SMILES string of the molecule is Cc1nc(Nc2ccccc2)cc(C(=O)Nc2ccc3c(c2)OCCO3)n1. The maximum atomic E-state index is 12.6. The van der Waals surface area contributed by atoms with Crippen LogP contribution in [0.15, 0.2) is 54.6 Å². The van der Waals surface area contributed by atoms with Gasteiger partial charge >= 0.3 is 0 Å². The fourth-order valence-corrected chi connectivity index (χ4v) is 2.73. The second-order valence-electron chi connectivity index (χ2n) is 5.99. The van der Waals surface area contributed by atoms with Crippen LogP contribution in [0.25, 0.3) is 0 Å². The van der Waals surface area contributed by atoms with E-state index in [0.717, 1.165) is 5.69 Å². The number of hydrogen-bond acceptors (Lipinski definition) is 6. The van der Waals surface area contributed by atoms with Crippen molar-refractivity contribution in [3.05, 3.63) is 66.1 Å². The summed E-state index contributed by atoms with van der Waals surface area (Å²) in [5.41, 5.74) is 1.77. The van der Waals surface area contributed by atoms with Gasteiger partial charge < -0.3 is 20.1 Å². The number of amides is 1. The van der Waals surface area contributed by atoms with Crippen molar-refractivity contribution in [2.24, 2.45) is 0 Å². The normalized spacial score (nSPS) is 12.3. The molecule has 0 aliphatic carbocycles. The van der Waals surface area contributed by atoms with Gasteiger partial charge in [0.15, 0.2) is 11.5 Å². The highest BCUT2D eigenvalue weighted by Crippen LogP contribution is 2.32. The lowest BCUT2D eigenvalue weighted by Crippen LogP contribution is -2.17. The number of ether oxygens (including phenoxy) is 2. The third kappa shape index (κ3) is 3.98. The zero-order valence-corrected chi connectivity index (χ0v) is 14.7. The highest BCUT2D eigenvalue weighted by molar-refractivity contribution is 6.03. The number of fused-ring (bicyclic) bond motifs is 1. The molecule has 0 saturated heterocycles. The predicted octanol–water partition coefficient (Wildman–Crippen LogP) is 3.55. The molecule has 1 aliphatic rings. The smallest absolute Gasteiger partial charge is 0.274 e. The molecule has 27 heavy (non-hydrogen) atoms. The number of rotatable bonds is 4. The lowest BCUT2D eigenvalue weighted by Gasteiger charge is -2.19. The average Bonchev–Trinajstić information content (AvgIpc) is 2.68. The van der Waals surface area contributed by atoms with Crippen LogP contribution in [0.4, 0.5) is 17.2 Å². The maximum absolute atomic E-state index is 12.6. The number of carbonyl (C=O) groups excluding carboxylic acids is 1. The summed E-state index contributed by atoms with van der Waals surface area (Å²) in [7, 11) is 0. The van der Waals surface area contributed by atoms with E-state index in [1.165, 1.54) is 0 Å². The molecule has 1 aromatic heterocycles. The Morgan fingerprint density at radius 2 is 1.70 bits per heavy atom. The number of aromatic nitrogens is 2. The van der Waals surface area contributed by atoms with Gasteiger partial charge in [-0.05, 0) is 31.2 Å². The van der Waals surface area contributed by atoms with Gasteiger partial charge in [-0.2, -0.15) is 0 Å². The lowest BCUT2D eigenvalue weighted by atomic mass is 10.2. The molecule has 0 fully saturated rings. The molecule has 4 rings (SSSR count). The van der Waals surface area contributed by atoms with Gasteiger partial charge in [-0.3, -0.25) is 4.79 Å². The Bertz CT molecular complexity index is 976. The molecule has 0 radical (unpaired) electrons. The predicted molar refractivity (Wildman–Crippen MR) is 102 cm³/mol.